The first-order valence-electron chi connectivity index (χ1n) is 13.2. The molecule has 0 radical (unpaired) electrons. The average molecular weight is 548 g/mol. The van der Waals surface area contributed by atoms with E-state index in [2.05, 4.69) is 6.07 Å². The minimum absolute atomic E-state index is 0.0416. The number of benzene rings is 3. The van der Waals surface area contributed by atoms with Crippen molar-refractivity contribution in [2.24, 2.45) is 0 Å². The van der Waals surface area contributed by atoms with Crippen LogP contribution in [-0.2, 0) is 31.5 Å². The number of sulfone groups is 1. The van der Waals surface area contributed by atoms with Gasteiger partial charge in [-0.1, -0.05) is 49.7 Å². The molecule has 1 N–H and O–H groups in total. The van der Waals surface area contributed by atoms with Crippen LogP contribution in [-0.4, -0.2) is 32.2 Å². The Labute approximate surface area is 229 Å². The van der Waals surface area contributed by atoms with Gasteiger partial charge in [0.2, 0.25) is 0 Å². The zero-order valence-corrected chi connectivity index (χ0v) is 23.0. The summed E-state index contributed by atoms with van der Waals surface area (Å²) in [5.41, 5.74) is 3.13. The molecule has 3 aromatic rings. The average Bonchev–Trinajstić information content (AvgIpc) is 2.93. The fraction of sp³-hybridized carbons (Fsp3) is 0.355. The molecule has 0 amide bonds. The third-order valence-electron chi connectivity index (χ3n) is 6.84. The number of hydrogen-bond donors (Lipinski definition) is 1. The number of Topliss-reactive ketones (excluding diaryl/α,β-unsaturated/α-hetero) is 1. The molecule has 8 heteroatoms. The number of hydrogen-bond acceptors (Lipinski definition) is 7. The molecule has 2 unspecified atom stereocenters. The van der Waals surface area contributed by atoms with E-state index in [4.69, 9.17) is 9.47 Å². The third-order valence-corrected chi connectivity index (χ3v) is 8.60. The van der Waals surface area contributed by atoms with Gasteiger partial charge in [0.25, 0.3) is 0 Å². The highest BCUT2D eigenvalue weighted by Crippen LogP contribution is 2.34. The number of carbonyl (C=O) groups excluding carboxylic acids is 1. The van der Waals surface area contributed by atoms with Crippen molar-refractivity contribution in [2.75, 3.05) is 6.61 Å². The van der Waals surface area contributed by atoms with Crippen LogP contribution in [0.4, 0.5) is 0 Å². The molecule has 1 saturated heterocycles. The quantitative estimate of drug-likeness (QED) is 0.309. The molecule has 4 rings (SSSR count). The number of phenols is 1. The van der Waals surface area contributed by atoms with Crippen LogP contribution in [0.5, 0.6) is 5.75 Å². The largest absolute Gasteiger partial charge is 0.507 e. The fourth-order valence-corrected chi connectivity index (χ4v) is 6.50. The van der Waals surface area contributed by atoms with E-state index in [0.717, 1.165) is 30.4 Å². The van der Waals surface area contributed by atoms with Crippen LogP contribution in [0.15, 0.2) is 65.6 Å². The summed E-state index contributed by atoms with van der Waals surface area (Å²) in [5, 5.41) is 20.0. The fourth-order valence-electron chi connectivity index (χ4n) is 4.86. The number of phenolic OH excluding ortho intramolecular Hbond substituents is 1. The molecular formula is C31H33NO6S. The summed E-state index contributed by atoms with van der Waals surface area (Å²) in [7, 11) is -3.81. The Morgan fingerprint density at radius 1 is 1.13 bits per heavy atom. The van der Waals surface area contributed by atoms with Crippen molar-refractivity contribution < 1.29 is 27.8 Å². The van der Waals surface area contributed by atoms with Gasteiger partial charge in [-0.2, -0.15) is 5.26 Å². The molecule has 1 aliphatic rings. The van der Waals surface area contributed by atoms with E-state index in [1.54, 1.807) is 24.3 Å². The van der Waals surface area contributed by atoms with Crippen LogP contribution in [0.3, 0.4) is 0 Å². The molecule has 0 aromatic heterocycles. The second kappa shape index (κ2) is 12.6. The molecule has 7 nitrogen and oxygen atoms in total. The molecule has 0 spiro atoms. The van der Waals surface area contributed by atoms with Gasteiger partial charge < -0.3 is 14.6 Å². The van der Waals surface area contributed by atoms with Crippen molar-refractivity contribution in [3.8, 4) is 11.8 Å². The first kappa shape index (κ1) is 28.5. The Hall–Kier alpha value is -3.51. The number of ether oxygens (including phenoxy) is 2. The molecule has 204 valence electrons. The van der Waals surface area contributed by atoms with Gasteiger partial charge >= 0.3 is 0 Å². The first-order valence-corrected chi connectivity index (χ1v) is 14.8. The summed E-state index contributed by atoms with van der Waals surface area (Å²) in [6.45, 7) is 3.86. The Morgan fingerprint density at radius 2 is 1.90 bits per heavy atom. The number of ketones is 1. The minimum atomic E-state index is -3.81. The van der Waals surface area contributed by atoms with Gasteiger partial charge in [-0.25, -0.2) is 8.42 Å². The van der Waals surface area contributed by atoms with Crippen molar-refractivity contribution in [1.29, 1.82) is 5.26 Å². The summed E-state index contributed by atoms with van der Waals surface area (Å²) < 4.78 is 39.0. The van der Waals surface area contributed by atoms with E-state index >= 15 is 0 Å². The standard InChI is InChI=1S/C31H33NO6S/c1-3-7-27-28(16-15-26(21(2)33)30(27)34)39(35,36)20-22-11-13-24(14-12-22)31(38-29-10-4-5-17-37-29)25-9-6-8-23(18-25)19-32/h6,8-9,11-16,18,29,31,34H,3-5,7,10,17,20H2,1-2H3. The lowest BCUT2D eigenvalue weighted by Crippen LogP contribution is -2.25. The van der Waals surface area contributed by atoms with Gasteiger partial charge in [0.1, 0.15) is 11.9 Å². The number of nitriles is 1. The molecule has 1 aliphatic heterocycles. The van der Waals surface area contributed by atoms with E-state index < -0.39 is 15.9 Å². The van der Waals surface area contributed by atoms with Crippen molar-refractivity contribution in [3.63, 3.8) is 0 Å². The predicted molar refractivity (Wildman–Crippen MR) is 147 cm³/mol. The molecule has 39 heavy (non-hydrogen) atoms. The predicted octanol–water partition coefficient (Wildman–Crippen LogP) is 6.03. The maximum absolute atomic E-state index is 13.4. The lowest BCUT2D eigenvalue weighted by Gasteiger charge is -2.28. The smallest absolute Gasteiger partial charge is 0.182 e. The van der Waals surface area contributed by atoms with Crippen molar-refractivity contribution in [1.82, 2.24) is 0 Å². The second-order valence-electron chi connectivity index (χ2n) is 9.79. The Balaban J connectivity index is 1.62. The molecule has 1 fully saturated rings. The van der Waals surface area contributed by atoms with Gasteiger partial charge in [-0.3, -0.25) is 4.79 Å². The highest BCUT2D eigenvalue weighted by atomic mass is 32.2. The number of nitrogens with zero attached hydrogens (tertiary/aromatic N) is 1. The topological polar surface area (TPSA) is 114 Å². The highest BCUT2D eigenvalue weighted by molar-refractivity contribution is 7.90. The lowest BCUT2D eigenvalue weighted by molar-refractivity contribution is -0.181. The van der Waals surface area contributed by atoms with E-state index in [9.17, 15) is 23.6 Å². The molecule has 0 saturated carbocycles. The summed E-state index contributed by atoms with van der Waals surface area (Å²) in [6.07, 6.45) is 2.88. The van der Waals surface area contributed by atoms with Crippen LogP contribution in [0, 0.1) is 11.3 Å². The SMILES string of the molecule is CCCc1c(S(=O)(=O)Cc2ccc(C(OC3CCCCO3)c3cccc(C#N)c3)cc2)ccc(C(C)=O)c1O. The summed E-state index contributed by atoms with van der Waals surface area (Å²) in [6, 6.07) is 19.4. The third kappa shape index (κ3) is 6.74. The monoisotopic (exact) mass is 547 g/mol. The molecule has 0 aliphatic carbocycles. The Morgan fingerprint density at radius 3 is 2.54 bits per heavy atom. The van der Waals surface area contributed by atoms with Gasteiger partial charge in [0, 0.05) is 12.2 Å². The first-order chi connectivity index (χ1) is 18.7. The molecular weight excluding hydrogens is 514 g/mol. The molecule has 1 heterocycles. The van der Waals surface area contributed by atoms with Crippen molar-refractivity contribution >= 4 is 15.6 Å². The van der Waals surface area contributed by atoms with Gasteiger partial charge in [-0.05, 0) is 73.6 Å². The van der Waals surface area contributed by atoms with Crippen molar-refractivity contribution in [3.05, 3.63) is 94.0 Å². The van der Waals surface area contributed by atoms with E-state index in [0.29, 0.717) is 30.6 Å². The van der Waals surface area contributed by atoms with Gasteiger partial charge in [0.05, 0.1) is 27.8 Å². The zero-order valence-electron chi connectivity index (χ0n) is 22.2. The van der Waals surface area contributed by atoms with Crippen LogP contribution in [0.25, 0.3) is 0 Å². The van der Waals surface area contributed by atoms with Gasteiger partial charge in [0.15, 0.2) is 21.9 Å². The van der Waals surface area contributed by atoms with Crippen molar-refractivity contribution in [2.45, 2.75) is 69.0 Å². The van der Waals surface area contributed by atoms with E-state index in [1.165, 1.54) is 19.1 Å². The Bertz CT molecular complexity index is 1470. The lowest BCUT2D eigenvalue weighted by atomic mass is 9.98. The number of carbonyl (C=O) groups is 1. The maximum Gasteiger partial charge on any atom is 0.182 e. The zero-order chi connectivity index (χ0) is 28.0. The van der Waals surface area contributed by atoms with Gasteiger partial charge in [-0.15, -0.1) is 0 Å². The number of aromatic hydroxyl groups is 1. The minimum Gasteiger partial charge on any atom is -0.507 e. The summed E-state index contributed by atoms with van der Waals surface area (Å²) >= 11 is 0. The summed E-state index contributed by atoms with van der Waals surface area (Å²) in [5.74, 6) is -0.838. The Kier molecular flexibility index (Phi) is 9.18. The van der Waals surface area contributed by atoms with E-state index in [-0.39, 0.29) is 39.6 Å². The number of rotatable bonds is 10. The summed E-state index contributed by atoms with van der Waals surface area (Å²) in [4.78, 5) is 11.9. The van der Waals surface area contributed by atoms with Crippen LogP contribution in [0.2, 0.25) is 0 Å². The normalized spacial score (nSPS) is 16.4. The highest BCUT2D eigenvalue weighted by Gasteiger charge is 2.26. The van der Waals surface area contributed by atoms with Crippen LogP contribution >= 0.6 is 0 Å². The molecule has 0 bridgehead atoms. The maximum atomic E-state index is 13.4. The molecule has 3 aromatic carbocycles. The molecule has 2 atom stereocenters. The van der Waals surface area contributed by atoms with Crippen LogP contribution in [0.1, 0.15) is 83.8 Å². The van der Waals surface area contributed by atoms with Crippen LogP contribution < -0.4 is 0 Å². The van der Waals surface area contributed by atoms with E-state index in [1.807, 2.05) is 31.2 Å². The second-order valence-corrected chi connectivity index (χ2v) is 11.8.